The quantitative estimate of drug-likeness (QED) is 0.746. The molecule has 1 aliphatic heterocycles. The highest BCUT2D eigenvalue weighted by molar-refractivity contribution is 6.03. The Morgan fingerprint density at radius 1 is 1.40 bits per heavy atom. The summed E-state index contributed by atoms with van der Waals surface area (Å²) in [4.78, 5) is 26.3. The number of aromatic amines is 1. The average Bonchev–Trinajstić information content (AvgIpc) is 3.17. The summed E-state index contributed by atoms with van der Waals surface area (Å²) in [6, 6.07) is 5.30. The number of H-pyrrole nitrogens is 1. The van der Waals surface area contributed by atoms with Gasteiger partial charge in [0, 0.05) is 24.7 Å². The zero-order valence-corrected chi connectivity index (χ0v) is 14.5. The Hall–Kier alpha value is -2.83. The highest BCUT2D eigenvalue weighted by Gasteiger charge is 2.36. The summed E-state index contributed by atoms with van der Waals surface area (Å²) < 4.78 is 0. The monoisotopic (exact) mass is 342 g/mol. The molecule has 7 nitrogen and oxygen atoms in total. The van der Waals surface area contributed by atoms with Crippen LogP contribution in [0.5, 0.6) is 5.75 Å². The Morgan fingerprint density at radius 3 is 2.80 bits per heavy atom. The minimum Gasteiger partial charge on any atom is -0.505 e. The first-order chi connectivity index (χ1) is 11.8. The van der Waals surface area contributed by atoms with Gasteiger partial charge in [-0.25, -0.2) is 0 Å². The van der Waals surface area contributed by atoms with Crippen molar-refractivity contribution in [3.05, 3.63) is 36.2 Å². The first kappa shape index (κ1) is 17.0. The van der Waals surface area contributed by atoms with E-state index in [0.717, 1.165) is 5.56 Å². The molecule has 7 heteroatoms. The lowest BCUT2D eigenvalue weighted by atomic mass is 9.86. The van der Waals surface area contributed by atoms with Crippen LogP contribution >= 0.6 is 0 Å². The minimum absolute atomic E-state index is 0.0689. The lowest BCUT2D eigenvalue weighted by molar-refractivity contribution is -0.122. The van der Waals surface area contributed by atoms with Gasteiger partial charge in [0.15, 0.2) is 0 Å². The minimum atomic E-state index is -0.472. The third-order valence-corrected chi connectivity index (χ3v) is 4.39. The number of hydrogen-bond donors (Lipinski definition) is 3. The second-order valence-corrected chi connectivity index (χ2v) is 7.30. The fraction of sp³-hybridized carbons (Fsp3) is 0.389. The van der Waals surface area contributed by atoms with Crippen molar-refractivity contribution in [3.63, 3.8) is 0 Å². The number of aromatic hydroxyl groups is 1. The summed E-state index contributed by atoms with van der Waals surface area (Å²) in [5.41, 5.74) is 1.53. The van der Waals surface area contributed by atoms with Crippen molar-refractivity contribution in [2.24, 2.45) is 5.92 Å². The lowest BCUT2D eigenvalue weighted by Crippen LogP contribution is -2.28. The SMILES string of the molecule is CC(C)(C)c1cccc(NC(=O)[C@@H]2CC(=O)N(c3cn[nH]c3)C2)c1O. The number of para-hydroxylation sites is 1. The van der Waals surface area contributed by atoms with E-state index in [9.17, 15) is 14.7 Å². The van der Waals surface area contributed by atoms with Crippen molar-refractivity contribution < 1.29 is 14.7 Å². The van der Waals surface area contributed by atoms with Crippen LogP contribution in [-0.4, -0.2) is 33.7 Å². The van der Waals surface area contributed by atoms with E-state index >= 15 is 0 Å². The summed E-state index contributed by atoms with van der Waals surface area (Å²) in [7, 11) is 0. The van der Waals surface area contributed by atoms with Gasteiger partial charge >= 0.3 is 0 Å². The number of phenolic OH excluding ortho intramolecular Hbond substituents is 1. The number of rotatable bonds is 3. The van der Waals surface area contributed by atoms with Gasteiger partial charge in [0.05, 0.1) is 23.5 Å². The normalized spacial score (nSPS) is 17.8. The Labute approximate surface area is 146 Å². The number of aromatic nitrogens is 2. The van der Waals surface area contributed by atoms with Crippen molar-refractivity contribution in [2.45, 2.75) is 32.6 Å². The van der Waals surface area contributed by atoms with E-state index in [0.29, 0.717) is 17.9 Å². The highest BCUT2D eigenvalue weighted by Crippen LogP contribution is 2.36. The molecular weight excluding hydrogens is 320 g/mol. The first-order valence-corrected chi connectivity index (χ1v) is 8.20. The van der Waals surface area contributed by atoms with Gasteiger partial charge in [-0.1, -0.05) is 32.9 Å². The van der Waals surface area contributed by atoms with Crippen LogP contribution in [0.2, 0.25) is 0 Å². The summed E-state index contributed by atoms with van der Waals surface area (Å²) in [6.45, 7) is 6.27. The number of carbonyl (C=O) groups is 2. The van der Waals surface area contributed by atoms with E-state index in [1.807, 2.05) is 26.8 Å². The smallest absolute Gasteiger partial charge is 0.229 e. The highest BCUT2D eigenvalue weighted by atomic mass is 16.3. The van der Waals surface area contributed by atoms with E-state index < -0.39 is 5.92 Å². The topological polar surface area (TPSA) is 98.3 Å². The third-order valence-electron chi connectivity index (χ3n) is 4.39. The van der Waals surface area contributed by atoms with Crippen LogP contribution < -0.4 is 10.2 Å². The fourth-order valence-corrected chi connectivity index (χ4v) is 3.01. The van der Waals surface area contributed by atoms with Gasteiger partial charge in [-0.15, -0.1) is 0 Å². The van der Waals surface area contributed by atoms with Gasteiger partial charge < -0.3 is 15.3 Å². The number of hydrogen-bond acceptors (Lipinski definition) is 4. The zero-order valence-electron chi connectivity index (χ0n) is 14.5. The van der Waals surface area contributed by atoms with Crippen molar-refractivity contribution in [1.82, 2.24) is 10.2 Å². The molecule has 1 aliphatic rings. The van der Waals surface area contributed by atoms with Gasteiger partial charge in [-0.3, -0.25) is 14.7 Å². The molecule has 2 amide bonds. The zero-order chi connectivity index (χ0) is 18.2. The summed E-state index contributed by atoms with van der Waals surface area (Å²) in [6.07, 6.45) is 3.31. The predicted octanol–water partition coefficient (Wildman–Crippen LogP) is 2.40. The fourth-order valence-electron chi connectivity index (χ4n) is 3.01. The summed E-state index contributed by atoms with van der Waals surface area (Å²) in [5, 5.41) is 19.7. The standard InChI is InChI=1S/C18H22N4O3/c1-18(2,3)13-5-4-6-14(16(13)24)21-17(25)11-7-15(23)22(10-11)12-8-19-20-9-12/h4-6,8-9,11,24H,7,10H2,1-3H3,(H,19,20)(H,21,25)/t11-/m1/s1. The van der Waals surface area contributed by atoms with E-state index in [1.54, 1.807) is 29.4 Å². The van der Waals surface area contributed by atoms with E-state index in [1.165, 1.54) is 0 Å². The summed E-state index contributed by atoms with van der Waals surface area (Å²) >= 11 is 0. The molecule has 0 radical (unpaired) electrons. The van der Waals surface area contributed by atoms with Gasteiger partial charge in [0.1, 0.15) is 5.75 Å². The molecule has 0 aliphatic carbocycles. The number of benzene rings is 1. The largest absolute Gasteiger partial charge is 0.505 e. The average molecular weight is 342 g/mol. The molecule has 3 N–H and O–H groups in total. The maximum Gasteiger partial charge on any atom is 0.229 e. The Balaban J connectivity index is 1.75. The molecule has 1 aromatic heterocycles. The molecule has 0 unspecified atom stereocenters. The molecule has 0 bridgehead atoms. The Kier molecular flexibility index (Phi) is 4.24. The van der Waals surface area contributed by atoms with Crippen molar-refractivity contribution in [3.8, 4) is 5.75 Å². The number of nitrogens with one attached hydrogen (secondary N) is 2. The summed E-state index contributed by atoms with van der Waals surface area (Å²) in [5.74, 6) is -0.797. The van der Waals surface area contributed by atoms with Crippen LogP contribution in [0.4, 0.5) is 11.4 Å². The number of amides is 2. The van der Waals surface area contributed by atoms with Crippen LogP contribution in [-0.2, 0) is 15.0 Å². The molecule has 1 aromatic carbocycles. The Bertz CT molecular complexity index is 793. The molecule has 2 heterocycles. The van der Waals surface area contributed by atoms with Crippen LogP contribution in [0, 0.1) is 5.92 Å². The number of phenols is 1. The maximum absolute atomic E-state index is 12.6. The van der Waals surface area contributed by atoms with Crippen LogP contribution in [0.15, 0.2) is 30.6 Å². The predicted molar refractivity (Wildman–Crippen MR) is 94.5 cm³/mol. The molecule has 25 heavy (non-hydrogen) atoms. The first-order valence-electron chi connectivity index (χ1n) is 8.20. The maximum atomic E-state index is 12.6. The van der Waals surface area contributed by atoms with Crippen LogP contribution in [0.3, 0.4) is 0 Å². The van der Waals surface area contributed by atoms with Gasteiger partial charge in [0.25, 0.3) is 0 Å². The molecule has 132 valence electrons. The second-order valence-electron chi connectivity index (χ2n) is 7.30. The van der Waals surface area contributed by atoms with Crippen LogP contribution in [0.1, 0.15) is 32.8 Å². The Morgan fingerprint density at radius 2 is 2.16 bits per heavy atom. The van der Waals surface area contributed by atoms with Gasteiger partial charge in [0.2, 0.25) is 11.8 Å². The number of carbonyl (C=O) groups excluding carboxylic acids is 2. The number of nitrogens with zero attached hydrogens (tertiary/aromatic N) is 2. The molecular formula is C18H22N4O3. The molecule has 1 fully saturated rings. The lowest BCUT2D eigenvalue weighted by Gasteiger charge is -2.22. The van der Waals surface area contributed by atoms with E-state index in [4.69, 9.17) is 0 Å². The number of anilines is 2. The molecule has 2 aromatic rings. The molecule has 1 atom stereocenters. The second kappa shape index (κ2) is 6.23. The molecule has 0 spiro atoms. The van der Waals surface area contributed by atoms with Crippen molar-refractivity contribution in [1.29, 1.82) is 0 Å². The van der Waals surface area contributed by atoms with E-state index in [2.05, 4.69) is 15.5 Å². The van der Waals surface area contributed by atoms with Crippen molar-refractivity contribution >= 4 is 23.2 Å². The van der Waals surface area contributed by atoms with Gasteiger partial charge in [-0.2, -0.15) is 5.10 Å². The van der Waals surface area contributed by atoms with E-state index in [-0.39, 0.29) is 29.4 Å². The third kappa shape index (κ3) is 3.35. The molecule has 0 saturated carbocycles. The van der Waals surface area contributed by atoms with Crippen LogP contribution in [0.25, 0.3) is 0 Å². The molecule has 1 saturated heterocycles. The molecule has 3 rings (SSSR count). The van der Waals surface area contributed by atoms with Gasteiger partial charge in [-0.05, 0) is 11.5 Å². The van der Waals surface area contributed by atoms with Crippen molar-refractivity contribution in [2.75, 3.05) is 16.8 Å².